The van der Waals surface area contributed by atoms with Crippen LogP contribution in [0.3, 0.4) is 0 Å². The van der Waals surface area contributed by atoms with Gasteiger partial charge in [0.1, 0.15) is 6.33 Å². The lowest BCUT2D eigenvalue weighted by molar-refractivity contribution is -0.0512. The number of hydrogen-bond donors (Lipinski definition) is 0. The van der Waals surface area contributed by atoms with Gasteiger partial charge in [-0.2, -0.15) is 13.8 Å². The minimum absolute atomic E-state index is 0.0823. The van der Waals surface area contributed by atoms with Crippen molar-refractivity contribution in [2.75, 3.05) is 7.11 Å². The van der Waals surface area contributed by atoms with Crippen LogP contribution in [0.5, 0.6) is 11.5 Å². The van der Waals surface area contributed by atoms with E-state index >= 15 is 0 Å². The highest BCUT2D eigenvalue weighted by atomic mass is 35.5. The third-order valence-corrected chi connectivity index (χ3v) is 5.72. The van der Waals surface area contributed by atoms with Crippen LogP contribution in [0.25, 0.3) is 17.1 Å². The topological polar surface area (TPSA) is 88.1 Å². The molecule has 8 nitrogen and oxygen atoms in total. The lowest BCUT2D eigenvalue weighted by Crippen LogP contribution is -2.03. The first-order valence-corrected chi connectivity index (χ1v) is 10.6. The van der Waals surface area contributed by atoms with Gasteiger partial charge in [0.15, 0.2) is 16.7 Å². The number of nitrogens with zero attached hydrogens (tertiary/aromatic N) is 5. The zero-order chi connectivity index (χ0) is 22.7. The number of halogens is 3. The summed E-state index contributed by atoms with van der Waals surface area (Å²) in [5.41, 5.74) is 2.33. The fourth-order valence-corrected chi connectivity index (χ4v) is 3.73. The maximum atomic E-state index is 12.5. The zero-order valence-corrected chi connectivity index (χ0v) is 18.4. The molecule has 0 spiro atoms. The zero-order valence-electron chi connectivity index (χ0n) is 16.8. The van der Waals surface area contributed by atoms with Gasteiger partial charge in [-0.15, -0.1) is 10.2 Å². The number of aryl methyl sites for hydroxylation is 1. The molecule has 0 aliphatic heterocycles. The fraction of sp³-hybridized carbons (Fsp3) is 0.200. The molecule has 0 amide bonds. The number of ether oxygens (including phenoxy) is 2. The van der Waals surface area contributed by atoms with Gasteiger partial charge in [0.05, 0.1) is 18.6 Å². The third-order valence-electron chi connectivity index (χ3n) is 4.38. The molecule has 4 rings (SSSR count). The highest BCUT2D eigenvalue weighted by Crippen LogP contribution is 2.33. The van der Waals surface area contributed by atoms with E-state index in [1.54, 1.807) is 17.0 Å². The summed E-state index contributed by atoms with van der Waals surface area (Å²) >= 11 is 7.58. The van der Waals surface area contributed by atoms with E-state index in [0.29, 0.717) is 27.4 Å². The number of thioether (sulfide) groups is 1. The second-order valence-electron chi connectivity index (χ2n) is 6.46. The van der Waals surface area contributed by atoms with Crippen molar-refractivity contribution in [3.8, 4) is 28.6 Å². The molecule has 2 heterocycles. The van der Waals surface area contributed by atoms with Crippen LogP contribution in [-0.2, 0) is 5.75 Å². The Labute approximate surface area is 190 Å². The lowest BCUT2D eigenvalue weighted by Gasteiger charge is -2.10. The monoisotopic (exact) mass is 479 g/mol. The highest BCUT2D eigenvalue weighted by molar-refractivity contribution is 7.98. The van der Waals surface area contributed by atoms with E-state index in [-0.39, 0.29) is 17.3 Å². The predicted octanol–water partition coefficient (Wildman–Crippen LogP) is 5.18. The van der Waals surface area contributed by atoms with Crippen LogP contribution >= 0.6 is 23.4 Å². The number of hydrogen-bond acceptors (Lipinski definition) is 8. The van der Waals surface area contributed by atoms with Gasteiger partial charge in [-0.1, -0.05) is 34.6 Å². The van der Waals surface area contributed by atoms with E-state index in [1.165, 1.54) is 31.0 Å². The Hall–Kier alpha value is -3.18. The number of benzene rings is 2. The van der Waals surface area contributed by atoms with Gasteiger partial charge >= 0.3 is 6.61 Å². The number of aromatic nitrogens is 5. The van der Waals surface area contributed by atoms with Crippen LogP contribution in [0.4, 0.5) is 8.78 Å². The lowest BCUT2D eigenvalue weighted by atomic mass is 10.2. The molecule has 0 N–H and O–H groups in total. The average Bonchev–Trinajstić information content (AvgIpc) is 3.43. The van der Waals surface area contributed by atoms with Crippen LogP contribution < -0.4 is 9.47 Å². The highest BCUT2D eigenvalue weighted by Gasteiger charge is 2.16. The Morgan fingerprint density at radius 1 is 1.19 bits per heavy atom. The van der Waals surface area contributed by atoms with Gasteiger partial charge in [-0.25, -0.2) is 0 Å². The maximum absolute atomic E-state index is 12.5. The Morgan fingerprint density at radius 2 is 2.03 bits per heavy atom. The van der Waals surface area contributed by atoms with Crippen LogP contribution in [0.2, 0.25) is 5.02 Å². The molecule has 32 heavy (non-hydrogen) atoms. The Morgan fingerprint density at radius 3 is 2.78 bits per heavy atom. The second kappa shape index (κ2) is 9.53. The minimum Gasteiger partial charge on any atom is -0.493 e. The molecule has 0 atom stereocenters. The molecule has 0 saturated heterocycles. The van der Waals surface area contributed by atoms with Gasteiger partial charge in [0, 0.05) is 10.6 Å². The van der Waals surface area contributed by atoms with Gasteiger partial charge in [0.2, 0.25) is 11.7 Å². The molecular formula is C20H16ClF2N5O3S. The van der Waals surface area contributed by atoms with Crippen molar-refractivity contribution in [1.82, 2.24) is 24.9 Å². The minimum atomic E-state index is -2.96. The molecule has 0 unspecified atom stereocenters. The molecule has 166 valence electrons. The fourth-order valence-electron chi connectivity index (χ4n) is 2.79. The Kier molecular flexibility index (Phi) is 6.56. The van der Waals surface area contributed by atoms with E-state index in [1.807, 2.05) is 25.1 Å². The molecule has 0 radical (unpaired) electrons. The van der Waals surface area contributed by atoms with E-state index in [2.05, 4.69) is 25.1 Å². The first kappa shape index (κ1) is 22.0. The van der Waals surface area contributed by atoms with Crippen LogP contribution in [0.15, 0.2) is 52.4 Å². The molecule has 4 aromatic rings. The summed E-state index contributed by atoms with van der Waals surface area (Å²) in [4.78, 5) is 4.35. The number of rotatable bonds is 8. The summed E-state index contributed by atoms with van der Waals surface area (Å²) in [6, 6.07) is 10.1. The maximum Gasteiger partial charge on any atom is 0.387 e. The van der Waals surface area contributed by atoms with Crippen molar-refractivity contribution >= 4 is 23.4 Å². The molecule has 0 bridgehead atoms. The predicted molar refractivity (Wildman–Crippen MR) is 114 cm³/mol. The summed E-state index contributed by atoms with van der Waals surface area (Å²) in [6.07, 6.45) is 1.60. The van der Waals surface area contributed by atoms with E-state index in [4.69, 9.17) is 20.9 Å². The van der Waals surface area contributed by atoms with E-state index in [9.17, 15) is 8.78 Å². The van der Waals surface area contributed by atoms with Crippen LogP contribution in [0.1, 0.15) is 11.5 Å². The third kappa shape index (κ3) is 4.83. The van der Waals surface area contributed by atoms with Crippen LogP contribution in [0, 0.1) is 6.92 Å². The molecule has 0 saturated carbocycles. The van der Waals surface area contributed by atoms with Gasteiger partial charge in [0.25, 0.3) is 0 Å². The average molecular weight is 480 g/mol. The van der Waals surface area contributed by atoms with Crippen molar-refractivity contribution < 1.29 is 22.8 Å². The first-order valence-electron chi connectivity index (χ1n) is 9.19. The molecular weight excluding hydrogens is 464 g/mol. The van der Waals surface area contributed by atoms with Crippen molar-refractivity contribution in [3.63, 3.8) is 0 Å². The number of alkyl halides is 2. The van der Waals surface area contributed by atoms with Gasteiger partial charge < -0.3 is 14.0 Å². The van der Waals surface area contributed by atoms with Gasteiger partial charge in [-0.05, 0) is 42.8 Å². The Balaban J connectivity index is 1.48. The summed E-state index contributed by atoms with van der Waals surface area (Å²) in [5, 5.41) is 13.3. The molecule has 2 aromatic heterocycles. The SMILES string of the molecule is COc1cc(-c2noc(CSc3nncn3-c3ccc(C)c(Cl)c3)n2)ccc1OC(F)F. The van der Waals surface area contributed by atoms with Crippen LogP contribution in [-0.4, -0.2) is 38.6 Å². The second-order valence-corrected chi connectivity index (χ2v) is 7.81. The molecule has 12 heteroatoms. The smallest absolute Gasteiger partial charge is 0.387 e. The van der Waals surface area contributed by atoms with Crippen molar-refractivity contribution in [1.29, 1.82) is 0 Å². The number of methoxy groups -OCH3 is 1. The first-order chi connectivity index (χ1) is 15.4. The molecule has 2 aromatic carbocycles. The summed E-state index contributed by atoms with van der Waals surface area (Å²) in [6.45, 7) is -1.03. The normalized spacial score (nSPS) is 11.2. The standard InChI is InChI=1S/C20H16ClF2N5O3S/c1-11-3-5-13(8-14(11)21)28-10-24-26-20(28)32-9-17-25-18(27-31-17)12-4-6-15(30-19(22)23)16(7-12)29-2/h3-8,10,19H,9H2,1-2H3. The summed E-state index contributed by atoms with van der Waals surface area (Å²) < 4.78 is 41.7. The molecule has 0 aliphatic carbocycles. The van der Waals surface area contributed by atoms with Crippen molar-refractivity contribution in [2.24, 2.45) is 0 Å². The van der Waals surface area contributed by atoms with Crippen molar-refractivity contribution in [3.05, 3.63) is 59.2 Å². The largest absolute Gasteiger partial charge is 0.493 e. The van der Waals surface area contributed by atoms with Crippen molar-refractivity contribution in [2.45, 2.75) is 24.4 Å². The van der Waals surface area contributed by atoms with E-state index in [0.717, 1.165) is 11.3 Å². The molecule has 0 fully saturated rings. The summed E-state index contributed by atoms with van der Waals surface area (Å²) in [7, 11) is 1.35. The van der Waals surface area contributed by atoms with E-state index < -0.39 is 6.61 Å². The van der Waals surface area contributed by atoms with Gasteiger partial charge in [-0.3, -0.25) is 4.57 Å². The quantitative estimate of drug-likeness (QED) is 0.319. The summed E-state index contributed by atoms with van der Waals surface area (Å²) in [5.74, 6) is 1.03. The Bertz CT molecular complexity index is 1230. The molecule has 0 aliphatic rings.